The lowest BCUT2D eigenvalue weighted by Crippen LogP contribution is -2.41. The maximum absolute atomic E-state index is 12.1. The van der Waals surface area contributed by atoms with Gasteiger partial charge >= 0.3 is 5.97 Å². The van der Waals surface area contributed by atoms with Crippen LogP contribution in [-0.2, 0) is 16.0 Å². The molecule has 2 rings (SSSR count). The average molecular weight is 292 g/mol. The third kappa shape index (κ3) is 3.71. The zero-order valence-electron chi connectivity index (χ0n) is 11.3. The molecular weight excluding hydrogens is 276 g/mol. The molecule has 0 fully saturated rings. The third-order valence-electron chi connectivity index (χ3n) is 3.23. The Morgan fingerprint density at radius 3 is 2.81 bits per heavy atom. The molecule has 0 aliphatic carbocycles. The minimum absolute atomic E-state index is 0.0372. The fraction of sp³-hybridized carbons (Fsp3) is 0.357. The predicted octanol–water partition coefficient (Wildman–Crippen LogP) is 0.0700. The van der Waals surface area contributed by atoms with Gasteiger partial charge in [-0.2, -0.15) is 0 Å². The first-order chi connectivity index (χ1) is 9.97. The molecule has 0 unspecified atom stereocenters. The Labute approximate surface area is 121 Å². The zero-order valence-corrected chi connectivity index (χ0v) is 11.3. The number of carboxylic acid groups (broad SMARTS) is 1. The van der Waals surface area contributed by atoms with Crippen LogP contribution in [0.4, 0.5) is 0 Å². The standard InChI is InChI=1S/C14H16N2O5/c15-12(17)4-2-10(14(19)20)16-13(18)9-1-3-11-8(7-9)5-6-21-11/h1,3,7,10H,2,4-6H2,(H2,15,17)(H,16,18)(H,19,20)/t10-/m1/s1. The van der Waals surface area contributed by atoms with Gasteiger partial charge in [0, 0.05) is 18.4 Å². The first-order valence-corrected chi connectivity index (χ1v) is 6.55. The van der Waals surface area contributed by atoms with E-state index in [1.807, 2.05) is 0 Å². The molecule has 7 nitrogen and oxygen atoms in total. The summed E-state index contributed by atoms with van der Waals surface area (Å²) in [5.74, 6) is -1.56. The number of fused-ring (bicyclic) bond motifs is 1. The lowest BCUT2D eigenvalue weighted by atomic mass is 10.1. The molecule has 1 aliphatic rings. The van der Waals surface area contributed by atoms with Gasteiger partial charge in [-0.1, -0.05) is 0 Å². The molecule has 1 aromatic carbocycles. The number of ether oxygens (including phenoxy) is 1. The summed E-state index contributed by atoms with van der Waals surface area (Å²) in [5, 5.41) is 11.4. The maximum atomic E-state index is 12.1. The van der Waals surface area contributed by atoms with Gasteiger partial charge in [0.2, 0.25) is 5.91 Å². The van der Waals surface area contributed by atoms with E-state index in [1.54, 1.807) is 18.2 Å². The van der Waals surface area contributed by atoms with E-state index in [4.69, 9.17) is 15.6 Å². The Balaban J connectivity index is 2.04. The van der Waals surface area contributed by atoms with Crippen LogP contribution in [-0.4, -0.2) is 35.5 Å². The number of rotatable bonds is 6. The molecule has 0 radical (unpaired) electrons. The van der Waals surface area contributed by atoms with Crippen LogP contribution in [0.3, 0.4) is 0 Å². The first-order valence-electron chi connectivity index (χ1n) is 6.55. The van der Waals surface area contributed by atoms with E-state index in [0.29, 0.717) is 12.2 Å². The lowest BCUT2D eigenvalue weighted by Gasteiger charge is -2.14. The monoisotopic (exact) mass is 292 g/mol. The molecule has 7 heteroatoms. The van der Waals surface area contributed by atoms with Gasteiger partial charge in [0.25, 0.3) is 5.91 Å². The molecule has 1 aliphatic heterocycles. The van der Waals surface area contributed by atoms with E-state index in [0.717, 1.165) is 17.7 Å². The molecule has 0 saturated heterocycles. The van der Waals surface area contributed by atoms with Gasteiger partial charge in [-0.15, -0.1) is 0 Å². The number of amides is 2. The summed E-state index contributed by atoms with van der Waals surface area (Å²) in [6.45, 7) is 0.580. The summed E-state index contributed by atoms with van der Waals surface area (Å²) in [4.78, 5) is 33.9. The van der Waals surface area contributed by atoms with Gasteiger partial charge in [0.1, 0.15) is 11.8 Å². The number of nitrogens with two attached hydrogens (primary N) is 1. The van der Waals surface area contributed by atoms with E-state index < -0.39 is 23.8 Å². The van der Waals surface area contributed by atoms with E-state index in [1.165, 1.54) is 0 Å². The summed E-state index contributed by atoms with van der Waals surface area (Å²) in [6, 6.07) is 3.81. The first kappa shape index (κ1) is 14.8. The summed E-state index contributed by atoms with van der Waals surface area (Å²) in [5.41, 5.74) is 6.27. The summed E-state index contributed by atoms with van der Waals surface area (Å²) < 4.78 is 5.34. The molecule has 112 valence electrons. The molecule has 2 amide bonds. The van der Waals surface area contributed by atoms with E-state index in [2.05, 4.69) is 5.32 Å². The second kappa shape index (κ2) is 6.25. The number of carbonyl (C=O) groups is 3. The van der Waals surface area contributed by atoms with Crippen LogP contribution in [0.25, 0.3) is 0 Å². The van der Waals surface area contributed by atoms with E-state index in [9.17, 15) is 14.4 Å². The van der Waals surface area contributed by atoms with E-state index >= 15 is 0 Å². The molecule has 21 heavy (non-hydrogen) atoms. The van der Waals surface area contributed by atoms with Crippen molar-refractivity contribution in [3.63, 3.8) is 0 Å². The van der Waals surface area contributed by atoms with Crippen LogP contribution in [0, 0.1) is 0 Å². The van der Waals surface area contributed by atoms with Crippen molar-refractivity contribution in [2.75, 3.05) is 6.61 Å². The van der Waals surface area contributed by atoms with Gasteiger partial charge in [0.15, 0.2) is 0 Å². The van der Waals surface area contributed by atoms with Crippen LogP contribution >= 0.6 is 0 Å². The third-order valence-corrected chi connectivity index (χ3v) is 3.23. The molecule has 1 atom stereocenters. The number of primary amides is 1. The number of carbonyl (C=O) groups excluding carboxylic acids is 2. The van der Waals surface area contributed by atoms with Gasteiger partial charge in [-0.3, -0.25) is 9.59 Å². The highest BCUT2D eigenvalue weighted by atomic mass is 16.5. The molecule has 0 bridgehead atoms. The van der Waals surface area contributed by atoms with Gasteiger partial charge in [0.05, 0.1) is 6.61 Å². The van der Waals surface area contributed by atoms with Crippen molar-refractivity contribution in [2.24, 2.45) is 5.73 Å². The van der Waals surface area contributed by atoms with Crippen molar-refractivity contribution in [1.29, 1.82) is 0 Å². The number of hydrogen-bond acceptors (Lipinski definition) is 4. The Hall–Kier alpha value is -2.57. The molecule has 0 aromatic heterocycles. The fourth-order valence-corrected chi connectivity index (χ4v) is 2.11. The quantitative estimate of drug-likeness (QED) is 0.685. The number of benzene rings is 1. The Bertz CT molecular complexity index is 585. The summed E-state index contributed by atoms with van der Waals surface area (Å²) in [7, 11) is 0. The maximum Gasteiger partial charge on any atom is 0.326 e. The minimum Gasteiger partial charge on any atom is -0.493 e. The Morgan fingerprint density at radius 1 is 1.38 bits per heavy atom. The predicted molar refractivity (Wildman–Crippen MR) is 73.0 cm³/mol. The van der Waals surface area contributed by atoms with Crippen molar-refractivity contribution in [3.8, 4) is 5.75 Å². The topological polar surface area (TPSA) is 119 Å². The van der Waals surface area contributed by atoms with Crippen molar-refractivity contribution >= 4 is 17.8 Å². The second-order valence-electron chi connectivity index (χ2n) is 4.79. The van der Waals surface area contributed by atoms with Crippen molar-refractivity contribution < 1.29 is 24.2 Å². The molecule has 4 N–H and O–H groups in total. The molecule has 0 spiro atoms. The number of nitrogens with one attached hydrogen (secondary N) is 1. The van der Waals surface area contributed by atoms with Crippen LogP contribution in [0.15, 0.2) is 18.2 Å². The van der Waals surface area contributed by atoms with Crippen LogP contribution in [0.1, 0.15) is 28.8 Å². The Kier molecular flexibility index (Phi) is 4.42. The van der Waals surface area contributed by atoms with Gasteiger partial charge < -0.3 is 20.9 Å². The van der Waals surface area contributed by atoms with Crippen molar-refractivity contribution in [2.45, 2.75) is 25.3 Å². The van der Waals surface area contributed by atoms with Crippen LogP contribution in [0.2, 0.25) is 0 Å². The normalized spacial score (nSPS) is 13.9. The molecule has 1 heterocycles. The Morgan fingerprint density at radius 2 is 2.14 bits per heavy atom. The smallest absolute Gasteiger partial charge is 0.326 e. The van der Waals surface area contributed by atoms with E-state index in [-0.39, 0.29) is 12.8 Å². The summed E-state index contributed by atoms with van der Waals surface area (Å²) in [6.07, 6.45) is 0.584. The summed E-state index contributed by atoms with van der Waals surface area (Å²) >= 11 is 0. The molecule has 1 aromatic rings. The fourth-order valence-electron chi connectivity index (χ4n) is 2.11. The largest absolute Gasteiger partial charge is 0.493 e. The highest BCUT2D eigenvalue weighted by Crippen LogP contribution is 2.25. The highest BCUT2D eigenvalue weighted by molar-refractivity contribution is 5.97. The van der Waals surface area contributed by atoms with Crippen LogP contribution in [0.5, 0.6) is 5.75 Å². The SMILES string of the molecule is NC(=O)CC[C@@H](NC(=O)c1ccc2c(c1)CCO2)C(=O)O. The van der Waals surface area contributed by atoms with Crippen molar-refractivity contribution in [1.82, 2.24) is 5.32 Å². The number of hydrogen-bond donors (Lipinski definition) is 3. The van der Waals surface area contributed by atoms with Crippen molar-refractivity contribution in [3.05, 3.63) is 29.3 Å². The number of carboxylic acids is 1. The lowest BCUT2D eigenvalue weighted by molar-refractivity contribution is -0.139. The average Bonchev–Trinajstić information content (AvgIpc) is 2.89. The molecule has 0 saturated carbocycles. The van der Waals surface area contributed by atoms with Crippen LogP contribution < -0.4 is 15.8 Å². The number of aliphatic carboxylic acids is 1. The van der Waals surface area contributed by atoms with Gasteiger partial charge in [-0.05, 0) is 30.2 Å². The molecular formula is C14H16N2O5. The zero-order chi connectivity index (χ0) is 15.4. The van der Waals surface area contributed by atoms with Gasteiger partial charge in [-0.25, -0.2) is 4.79 Å². The minimum atomic E-state index is -1.20. The highest BCUT2D eigenvalue weighted by Gasteiger charge is 2.22. The second-order valence-corrected chi connectivity index (χ2v) is 4.79.